The van der Waals surface area contributed by atoms with Crippen molar-refractivity contribution in [1.82, 2.24) is 14.9 Å². The van der Waals surface area contributed by atoms with Crippen molar-refractivity contribution >= 4 is 28.7 Å². The fourth-order valence-corrected chi connectivity index (χ4v) is 5.96. The molecule has 0 spiro atoms. The van der Waals surface area contributed by atoms with E-state index >= 15 is 0 Å². The molecule has 4 aromatic rings. The van der Waals surface area contributed by atoms with Crippen LogP contribution in [0.4, 0.5) is 15.8 Å². The van der Waals surface area contributed by atoms with Crippen LogP contribution in [0.3, 0.4) is 0 Å². The Morgan fingerprint density at radius 3 is 2.29 bits per heavy atom. The Balaban J connectivity index is 1.62. The van der Waals surface area contributed by atoms with E-state index < -0.39 is 0 Å². The molecule has 5 nitrogen and oxygen atoms in total. The van der Waals surface area contributed by atoms with Crippen molar-refractivity contribution in [3.8, 4) is 5.69 Å². The average molecular weight is 528 g/mol. The lowest BCUT2D eigenvalue weighted by Crippen LogP contribution is -2.29. The summed E-state index contributed by atoms with van der Waals surface area (Å²) in [5, 5.41) is 4.12. The number of pyridine rings is 1. The van der Waals surface area contributed by atoms with E-state index in [9.17, 15) is 4.39 Å². The number of benzene rings is 2. The average Bonchev–Trinajstić information content (AvgIpc) is 3.42. The van der Waals surface area contributed by atoms with Gasteiger partial charge in [-0.1, -0.05) is 6.07 Å². The second-order valence-corrected chi connectivity index (χ2v) is 10.2. The van der Waals surface area contributed by atoms with Crippen LogP contribution < -0.4 is 15.1 Å². The first kappa shape index (κ1) is 25.9. The van der Waals surface area contributed by atoms with Gasteiger partial charge in [0.1, 0.15) is 5.82 Å². The van der Waals surface area contributed by atoms with Gasteiger partial charge in [0.2, 0.25) is 0 Å². The number of aryl methyl sites for hydroxylation is 2. The molecule has 2 aromatic heterocycles. The van der Waals surface area contributed by atoms with Gasteiger partial charge < -0.3 is 19.7 Å². The number of aromatic nitrogens is 2. The maximum absolute atomic E-state index is 14.2. The molecular weight excluding hydrogens is 493 g/mol. The molecule has 1 aliphatic rings. The van der Waals surface area contributed by atoms with Crippen molar-refractivity contribution in [2.24, 2.45) is 0 Å². The summed E-state index contributed by atoms with van der Waals surface area (Å²) in [7, 11) is 0. The molecule has 0 bridgehead atoms. The molecule has 196 valence electrons. The molecule has 1 N–H and O–H groups in total. The smallest absolute Gasteiger partial charge is 0.174 e. The first-order valence-electron chi connectivity index (χ1n) is 13.1. The van der Waals surface area contributed by atoms with Gasteiger partial charge in [-0.3, -0.25) is 4.98 Å². The van der Waals surface area contributed by atoms with Crippen LogP contribution in [0.5, 0.6) is 0 Å². The SMILES string of the molecule is CCN(CC)c1ccc(-n2c(C)cc([C@@H]3[C@@H](c4ccccn4)NC(=S)N3c3ccc(F)c(C)c3)c2C)cc1. The predicted octanol–water partition coefficient (Wildman–Crippen LogP) is 6.96. The summed E-state index contributed by atoms with van der Waals surface area (Å²) < 4.78 is 16.5. The lowest BCUT2D eigenvalue weighted by atomic mass is 9.96. The fraction of sp³-hybridized carbons (Fsp3) is 0.290. The number of nitrogens with zero attached hydrogens (tertiary/aromatic N) is 4. The minimum absolute atomic E-state index is 0.155. The standard InChI is InChI=1S/C31H34FN5S/c1-6-35(7-2)23-11-13-24(14-12-23)36-21(4)19-26(22(36)5)30-29(28-10-8-9-17-33-28)34-31(38)37(30)25-15-16-27(32)20(3)18-25/h8-19,29-30H,6-7H2,1-5H3,(H,34,38)/t29-,30-/m1/s1. The Kier molecular flexibility index (Phi) is 7.21. The Morgan fingerprint density at radius 2 is 1.66 bits per heavy atom. The number of thiocarbonyl (C=S) groups is 1. The summed E-state index contributed by atoms with van der Waals surface area (Å²) in [5.74, 6) is -0.226. The number of hydrogen-bond donors (Lipinski definition) is 1. The third kappa shape index (κ3) is 4.56. The minimum atomic E-state index is -0.226. The normalized spacial score (nSPS) is 17.1. The summed E-state index contributed by atoms with van der Waals surface area (Å²) in [6.07, 6.45) is 1.81. The van der Waals surface area contributed by atoms with E-state index in [0.717, 1.165) is 47.1 Å². The lowest BCUT2D eigenvalue weighted by molar-refractivity contribution is 0.564. The van der Waals surface area contributed by atoms with Crippen LogP contribution in [-0.2, 0) is 0 Å². The van der Waals surface area contributed by atoms with Gasteiger partial charge in [-0.05, 0) is 119 Å². The summed E-state index contributed by atoms with van der Waals surface area (Å²) in [4.78, 5) is 9.12. The van der Waals surface area contributed by atoms with Gasteiger partial charge in [-0.15, -0.1) is 0 Å². The van der Waals surface area contributed by atoms with E-state index in [4.69, 9.17) is 12.2 Å². The largest absolute Gasteiger partial charge is 0.372 e. The van der Waals surface area contributed by atoms with E-state index in [1.165, 1.54) is 11.8 Å². The molecule has 0 radical (unpaired) electrons. The first-order valence-corrected chi connectivity index (χ1v) is 13.6. The first-order chi connectivity index (χ1) is 18.3. The molecule has 0 saturated carbocycles. The molecule has 1 aliphatic heterocycles. The number of nitrogens with one attached hydrogen (secondary N) is 1. The van der Waals surface area contributed by atoms with Gasteiger partial charge in [0.15, 0.2) is 5.11 Å². The highest BCUT2D eigenvalue weighted by Gasteiger charge is 2.42. The third-order valence-corrected chi connectivity index (χ3v) is 7.86. The summed E-state index contributed by atoms with van der Waals surface area (Å²) >= 11 is 5.87. The molecule has 5 rings (SSSR count). The number of halogens is 1. The highest BCUT2D eigenvalue weighted by Crippen LogP contribution is 2.44. The van der Waals surface area contributed by atoms with Crippen molar-refractivity contribution in [3.05, 3.63) is 107 Å². The van der Waals surface area contributed by atoms with Crippen LogP contribution in [0, 0.1) is 26.6 Å². The van der Waals surface area contributed by atoms with Crippen molar-refractivity contribution in [2.75, 3.05) is 22.9 Å². The quantitative estimate of drug-likeness (QED) is 0.263. The van der Waals surface area contributed by atoms with Crippen LogP contribution in [0.2, 0.25) is 0 Å². The topological polar surface area (TPSA) is 36.3 Å². The van der Waals surface area contributed by atoms with Crippen LogP contribution in [0.15, 0.2) is 72.9 Å². The van der Waals surface area contributed by atoms with Gasteiger partial charge in [0.05, 0.1) is 17.8 Å². The van der Waals surface area contributed by atoms with Crippen molar-refractivity contribution in [3.63, 3.8) is 0 Å². The van der Waals surface area contributed by atoms with Crippen molar-refractivity contribution < 1.29 is 4.39 Å². The summed E-state index contributed by atoms with van der Waals surface area (Å²) in [5.41, 5.74) is 8.13. The van der Waals surface area contributed by atoms with Gasteiger partial charge in [-0.25, -0.2) is 4.39 Å². The molecule has 0 amide bonds. The molecule has 3 heterocycles. The number of hydrogen-bond acceptors (Lipinski definition) is 3. The maximum atomic E-state index is 14.2. The second-order valence-electron chi connectivity index (χ2n) is 9.78. The third-order valence-electron chi connectivity index (χ3n) is 7.54. The van der Waals surface area contributed by atoms with Crippen LogP contribution >= 0.6 is 12.2 Å². The Hall–Kier alpha value is -3.71. The zero-order valence-corrected chi connectivity index (χ0v) is 23.4. The molecule has 7 heteroatoms. The van der Waals surface area contributed by atoms with E-state index in [1.54, 1.807) is 13.0 Å². The fourth-order valence-electron chi connectivity index (χ4n) is 5.61. The molecule has 38 heavy (non-hydrogen) atoms. The maximum Gasteiger partial charge on any atom is 0.174 e. The molecule has 2 aromatic carbocycles. The predicted molar refractivity (Wildman–Crippen MR) is 158 cm³/mol. The molecular formula is C31H34FN5S. The highest BCUT2D eigenvalue weighted by molar-refractivity contribution is 7.80. The van der Waals surface area contributed by atoms with Crippen LogP contribution in [-0.4, -0.2) is 27.8 Å². The number of anilines is 2. The molecule has 1 saturated heterocycles. The second kappa shape index (κ2) is 10.6. The van der Waals surface area contributed by atoms with E-state index in [0.29, 0.717) is 10.7 Å². The molecule has 0 unspecified atom stereocenters. The Morgan fingerprint density at radius 1 is 0.947 bits per heavy atom. The van der Waals surface area contributed by atoms with E-state index in [2.05, 4.69) is 82.7 Å². The summed E-state index contributed by atoms with van der Waals surface area (Å²) in [6.45, 7) is 12.4. The zero-order valence-electron chi connectivity index (χ0n) is 22.6. The van der Waals surface area contributed by atoms with Crippen molar-refractivity contribution in [2.45, 2.75) is 46.7 Å². The Labute approximate surface area is 229 Å². The van der Waals surface area contributed by atoms with Gasteiger partial charge in [-0.2, -0.15) is 0 Å². The number of rotatable bonds is 7. The van der Waals surface area contributed by atoms with Gasteiger partial charge in [0, 0.05) is 47.7 Å². The van der Waals surface area contributed by atoms with Crippen LogP contribution in [0.25, 0.3) is 5.69 Å². The molecule has 1 fully saturated rings. The Bertz CT molecular complexity index is 1440. The molecule has 2 atom stereocenters. The monoisotopic (exact) mass is 527 g/mol. The highest BCUT2D eigenvalue weighted by atomic mass is 32.1. The molecule has 0 aliphatic carbocycles. The van der Waals surface area contributed by atoms with Gasteiger partial charge in [0.25, 0.3) is 0 Å². The van der Waals surface area contributed by atoms with Gasteiger partial charge >= 0.3 is 0 Å². The van der Waals surface area contributed by atoms with E-state index in [1.807, 2.05) is 30.5 Å². The van der Waals surface area contributed by atoms with E-state index in [-0.39, 0.29) is 17.9 Å². The minimum Gasteiger partial charge on any atom is -0.372 e. The van der Waals surface area contributed by atoms with Crippen molar-refractivity contribution in [1.29, 1.82) is 0 Å². The van der Waals surface area contributed by atoms with Crippen LogP contribution in [0.1, 0.15) is 54.1 Å². The zero-order chi connectivity index (χ0) is 27.0. The lowest BCUT2D eigenvalue weighted by Gasteiger charge is -2.28. The summed E-state index contributed by atoms with van der Waals surface area (Å²) in [6, 6.07) is 21.8.